The van der Waals surface area contributed by atoms with Crippen molar-refractivity contribution in [1.82, 2.24) is 0 Å². The van der Waals surface area contributed by atoms with E-state index >= 15 is 0 Å². The molecule has 0 amide bonds. The van der Waals surface area contributed by atoms with Crippen molar-refractivity contribution in [2.24, 2.45) is 5.92 Å². The summed E-state index contributed by atoms with van der Waals surface area (Å²) in [7, 11) is 0. The van der Waals surface area contributed by atoms with Crippen LogP contribution in [0.25, 0.3) is 0 Å². The van der Waals surface area contributed by atoms with Gasteiger partial charge in [-0.2, -0.15) is 0 Å². The second-order valence-electron chi connectivity index (χ2n) is 5.55. The fourth-order valence-electron chi connectivity index (χ4n) is 2.69. The Morgan fingerprint density at radius 1 is 1.44 bits per heavy atom. The summed E-state index contributed by atoms with van der Waals surface area (Å²) in [5.41, 5.74) is 0. The Morgan fingerprint density at radius 2 is 2.25 bits per heavy atom. The molecular formula is C13H24O3. The molecule has 2 fully saturated rings. The molecule has 1 aliphatic carbocycles. The maximum atomic E-state index is 6.06. The monoisotopic (exact) mass is 228 g/mol. The lowest BCUT2D eigenvalue weighted by Gasteiger charge is -2.35. The van der Waals surface area contributed by atoms with Crippen LogP contribution in [0.4, 0.5) is 0 Å². The average molecular weight is 228 g/mol. The van der Waals surface area contributed by atoms with Crippen molar-refractivity contribution in [2.75, 3.05) is 13.2 Å². The molecule has 94 valence electrons. The second kappa shape index (κ2) is 5.03. The molecule has 3 unspecified atom stereocenters. The predicted octanol–water partition coefficient (Wildman–Crippen LogP) is 2.73. The lowest BCUT2D eigenvalue weighted by molar-refractivity contribution is -0.200. The van der Waals surface area contributed by atoms with E-state index in [0.717, 1.165) is 18.8 Å². The van der Waals surface area contributed by atoms with Gasteiger partial charge in [-0.25, -0.2) is 0 Å². The van der Waals surface area contributed by atoms with Crippen LogP contribution in [0.2, 0.25) is 0 Å². The van der Waals surface area contributed by atoms with Crippen molar-refractivity contribution in [3.8, 4) is 0 Å². The molecule has 3 atom stereocenters. The van der Waals surface area contributed by atoms with Gasteiger partial charge < -0.3 is 14.2 Å². The summed E-state index contributed by atoms with van der Waals surface area (Å²) in [6.45, 7) is 7.74. The standard InChI is InChI=1S/C13H24O3/c1-10(2)14-8-12-9-15-13(16-12)6-4-5-11(3)7-13/h10-12H,4-9H2,1-3H3. The topological polar surface area (TPSA) is 27.7 Å². The normalized spacial score (nSPS) is 39.8. The van der Waals surface area contributed by atoms with Crippen LogP contribution in [0, 0.1) is 5.92 Å². The highest BCUT2D eigenvalue weighted by Gasteiger charge is 2.44. The molecule has 0 radical (unpaired) electrons. The van der Waals surface area contributed by atoms with Gasteiger partial charge in [-0.15, -0.1) is 0 Å². The lowest BCUT2D eigenvalue weighted by atomic mass is 9.86. The van der Waals surface area contributed by atoms with Crippen molar-refractivity contribution < 1.29 is 14.2 Å². The van der Waals surface area contributed by atoms with Gasteiger partial charge in [0, 0.05) is 12.8 Å². The number of rotatable bonds is 3. The molecule has 1 saturated heterocycles. The Kier molecular flexibility index (Phi) is 3.88. The third kappa shape index (κ3) is 2.96. The SMILES string of the molecule is CC1CCCC2(C1)OCC(COC(C)C)O2. The first-order valence-corrected chi connectivity index (χ1v) is 6.53. The van der Waals surface area contributed by atoms with E-state index in [2.05, 4.69) is 6.92 Å². The van der Waals surface area contributed by atoms with Crippen molar-refractivity contribution in [2.45, 2.75) is 64.4 Å². The van der Waals surface area contributed by atoms with Gasteiger partial charge in [0.1, 0.15) is 6.10 Å². The van der Waals surface area contributed by atoms with Crippen LogP contribution in [-0.2, 0) is 14.2 Å². The fourth-order valence-corrected chi connectivity index (χ4v) is 2.69. The highest BCUT2D eigenvalue weighted by molar-refractivity contribution is 4.84. The highest BCUT2D eigenvalue weighted by atomic mass is 16.7. The van der Waals surface area contributed by atoms with Crippen molar-refractivity contribution in [3.63, 3.8) is 0 Å². The molecule has 0 aromatic heterocycles. The van der Waals surface area contributed by atoms with Crippen LogP contribution in [0.1, 0.15) is 46.5 Å². The number of hydrogen-bond donors (Lipinski definition) is 0. The zero-order valence-corrected chi connectivity index (χ0v) is 10.7. The van der Waals surface area contributed by atoms with E-state index in [1.165, 1.54) is 12.8 Å². The van der Waals surface area contributed by atoms with Gasteiger partial charge in [-0.1, -0.05) is 13.3 Å². The van der Waals surface area contributed by atoms with Gasteiger partial charge >= 0.3 is 0 Å². The minimum absolute atomic E-state index is 0.132. The first kappa shape index (κ1) is 12.3. The Morgan fingerprint density at radius 3 is 2.94 bits per heavy atom. The van der Waals surface area contributed by atoms with E-state index in [4.69, 9.17) is 14.2 Å². The molecular weight excluding hydrogens is 204 g/mol. The first-order valence-electron chi connectivity index (χ1n) is 6.53. The Labute approximate surface area is 98.4 Å². The molecule has 1 aliphatic heterocycles. The van der Waals surface area contributed by atoms with E-state index in [1.807, 2.05) is 13.8 Å². The zero-order valence-electron chi connectivity index (χ0n) is 10.7. The van der Waals surface area contributed by atoms with Crippen LogP contribution in [0.3, 0.4) is 0 Å². The van der Waals surface area contributed by atoms with E-state index in [1.54, 1.807) is 0 Å². The molecule has 0 N–H and O–H groups in total. The molecule has 1 saturated carbocycles. The lowest BCUT2D eigenvalue weighted by Crippen LogP contribution is -2.36. The van der Waals surface area contributed by atoms with Gasteiger partial charge in [-0.3, -0.25) is 0 Å². The summed E-state index contributed by atoms with van der Waals surface area (Å²) in [4.78, 5) is 0. The summed E-state index contributed by atoms with van der Waals surface area (Å²) < 4.78 is 17.5. The minimum atomic E-state index is -0.275. The summed E-state index contributed by atoms with van der Waals surface area (Å²) in [5.74, 6) is 0.446. The van der Waals surface area contributed by atoms with E-state index < -0.39 is 0 Å². The fraction of sp³-hybridized carbons (Fsp3) is 1.00. The molecule has 0 aromatic rings. The third-order valence-electron chi connectivity index (χ3n) is 3.44. The Bertz CT molecular complexity index is 229. The van der Waals surface area contributed by atoms with E-state index in [9.17, 15) is 0 Å². The molecule has 2 rings (SSSR count). The van der Waals surface area contributed by atoms with Gasteiger partial charge in [0.25, 0.3) is 0 Å². The average Bonchev–Trinajstić information content (AvgIpc) is 2.58. The van der Waals surface area contributed by atoms with Crippen LogP contribution >= 0.6 is 0 Å². The van der Waals surface area contributed by atoms with E-state index in [-0.39, 0.29) is 18.0 Å². The van der Waals surface area contributed by atoms with Gasteiger partial charge in [0.2, 0.25) is 0 Å². The summed E-state index contributed by atoms with van der Waals surface area (Å²) in [5, 5.41) is 0. The van der Waals surface area contributed by atoms with Crippen molar-refractivity contribution in [1.29, 1.82) is 0 Å². The third-order valence-corrected chi connectivity index (χ3v) is 3.44. The zero-order chi connectivity index (χ0) is 11.6. The quantitative estimate of drug-likeness (QED) is 0.743. The molecule has 16 heavy (non-hydrogen) atoms. The predicted molar refractivity (Wildman–Crippen MR) is 62.3 cm³/mol. The van der Waals surface area contributed by atoms with E-state index in [0.29, 0.717) is 13.2 Å². The molecule has 3 nitrogen and oxygen atoms in total. The second-order valence-corrected chi connectivity index (χ2v) is 5.55. The van der Waals surface area contributed by atoms with Crippen LogP contribution in [0.15, 0.2) is 0 Å². The van der Waals surface area contributed by atoms with Crippen molar-refractivity contribution >= 4 is 0 Å². The molecule has 0 aromatic carbocycles. The number of ether oxygens (including phenoxy) is 3. The highest BCUT2D eigenvalue weighted by Crippen LogP contribution is 2.40. The molecule has 2 aliphatic rings. The maximum absolute atomic E-state index is 6.06. The molecule has 1 spiro atoms. The smallest absolute Gasteiger partial charge is 0.169 e. The van der Waals surface area contributed by atoms with Gasteiger partial charge in [0.15, 0.2) is 5.79 Å². The number of hydrogen-bond acceptors (Lipinski definition) is 3. The minimum Gasteiger partial charge on any atom is -0.376 e. The molecule has 3 heteroatoms. The van der Waals surface area contributed by atoms with Crippen LogP contribution in [-0.4, -0.2) is 31.2 Å². The Hall–Kier alpha value is -0.120. The van der Waals surface area contributed by atoms with Gasteiger partial charge in [-0.05, 0) is 26.2 Å². The van der Waals surface area contributed by atoms with Crippen LogP contribution in [0.5, 0.6) is 0 Å². The molecule has 0 bridgehead atoms. The molecule has 1 heterocycles. The maximum Gasteiger partial charge on any atom is 0.169 e. The first-order chi connectivity index (χ1) is 7.60. The van der Waals surface area contributed by atoms with Gasteiger partial charge in [0.05, 0.1) is 19.3 Å². The largest absolute Gasteiger partial charge is 0.376 e. The van der Waals surface area contributed by atoms with Crippen LogP contribution < -0.4 is 0 Å². The summed E-state index contributed by atoms with van der Waals surface area (Å²) in [6, 6.07) is 0. The summed E-state index contributed by atoms with van der Waals surface area (Å²) >= 11 is 0. The summed E-state index contributed by atoms with van der Waals surface area (Å²) in [6.07, 6.45) is 5.03. The van der Waals surface area contributed by atoms with Crippen molar-refractivity contribution in [3.05, 3.63) is 0 Å². The Balaban J connectivity index is 1.81.